The molecule has 0 spiro atoms. The number of nitrogens with zero attached hydrogens (tertiary/aromatic N) is 1. The molecule has 1 aliphatic rings. The summed E-state index contributed by atoms with van der Waals surface area (Å²) >= 11 is 0. The van der Waals surface area contributed by atoms with E-state index in [9.17, 15) is 0 Å². The second kappa shape index (κ2) is 6.78. The maximum atomic E-state index is 5.60. The summed E-state index contributed by atoms with van der Waals surface area (Å²) in [6, 6.07) is 6.27. The Hall–Kier alpha value is -1.26. The Kier molecular flexibility index (Phi) is 5.05. The molecule has 0 bridgehead atoms. The van der Waals surface area contributed by atoms with Crippen LogP contribution in [0.2, 0.25) is 0 Å². The number of likely N-dealkylation sites (tertiary alicyclic amines) is 1. The van der Waals surface area contributed by atoms with Crippen LogP contribution in [0.4, 0.5) is 0 Å². The second-order valence-corrected chi connectivity index (χ2v) is 5.02. The quantitative estimate of drug-likeness (QED) is 0.881. The minimum Gasteiger partial charge on any atom is -0.493 e. The van der Waals surface area contributed by atoms with Crippen molar-refractivity contribution in [2.75, 3.05) is 40.4 Å². The number of nitrogens with two attached hydrogens (primary N) is 1. The van der Waals surface area contributed by atoms with E-state index in [4.69, 9.17) is 15.2 Å². The van der Waals surface area contributed by atoms with Crippen LogP contribution in [0.5, 0.6) is 11.5 Å². The SMILES string of the molecule is COc1ccc(C2CCN(CCN)CC2)cc1OC. The molecule has 1 aliphatic heterocycles. The summed E-state index contributed by atoms with van der Waals surface area (Å²) < 4.78 is 10.7. The molecule has 4 nitrogen and oxygen atoms in total. The van der Waals surface area contributed by atoms with E-state index in [1.165, 1.54) is 18.4 Å². The molecule has 0 saturated carbocycles. The summed E-state index contributed by atoms with van der Waals surface area (Å²) in [5.74, 6) is 2.24. The van der Waals surface area contributed by atoms with Crippen LogP contribution >= 0.6 is 0 Å². The van der Waals surface area contributed by atoms with Crippen molar-refractivity contribution in [3.8, 4) is 11.5 Å². The van der Waals surface area contributed by atoms with Crippen molar-refractivity contribution in [2.45, 2.75) is 18.8 Å². The standard InChI is InChI=1S/C15H24N2O2/c1-18-14-4-3-13(11-15(14)19-2)12-5-8-17(9-6-12)10-7-16/h3-4,11-12H,5-10,16H2,1-2H3. The van der Waals surface area contributed by atoms with Crippen LogP contribution in [0.3, 0.4) is 0 Å². The molecule has 1 saturated heterocycles. The van der Waals surface area contributed by atoms with E-state index >= 15 is 0 Å². The number of rotatable bonds is 5. The van der Waals surface area contributed by atoms with Crippen molar-refractivity contribution < 1.29 is 9.47 Å². The predicted molar refractivity (Wildman–Crippen MR) is 77.0 cm³/mol. The number of hydrogen-bond donors (Lipinski definition) is 1. The van der Waals surface area contributed by atoms with Crippen molar-refractivity contribution in [2.24, 2.45) is 5.73 Å². The third kappa shape index (κ3) is 3.39. The molecule has 0 amide bonds. The largest absolute Gasteiger partial charge is 0.493 e. The zero-order chi connectivity index (χ0) is 13.7. The third-order valence-corrected chi connectivity index (χ3v) is 3.91. The Morgan fingerprint density at radius 2 is 1.84 bits per heavy atom. The van der Waals surface area contributed by atoms with Gasteiger partial charge < -0.3 is 20.1 Å². The van der Waals surface area contributed by atoms with Gasteiger partial charge in [0.1, 0.15) is 0 Å². The first-order chi connectivity index (χ1) is 9.28. The molecule has 106 valence electrons. The Balaban J connectivity index is 2.03. The van der Waals surface area contributed by atoms with Gasteiger partial charge in [0.05, 0.1) is 14.2 Å². The maximum Gasteiger partial charge on any atom is 0.160 e. The Morgan fingerprint density at radius 1 is 1.16 bits per heavy atom. The first-order valence-corrected chi connectivity index (χ1v) is 6.92. The summed E-state index contributed by atoms with van der Waals surface area (Å²) in [6.45, 7) is 4.03. The van der Waals surface area contributed by atoms with Gasteiger partial charge in [-0.1, -0.05) is 6.07 Å². The second-order valence-electron chi connectivity index (χ2n) is 5.02. The lowest BCUT2D eigenvalue weighted by atomic mass is 9.89. The lowest BCUT2D eigenvalue weighted by Crippen LogP contribution is -2.36. The van der Waals surface area contributed by atoms with Crippen LogP contribution in [0, 0.1) is 0 Å². The average molecular weight is 264 g/mol. The van der Waals surface area contributed by atoms with E-state index in [-0.39, 0.29) is 0 Å². The average Bonchev–Trinajstić information content (AvgIpc) is 2.47. The molecule has 0 unspecified atom stereocenters. The van der Waals surface area contributed by atoms with Gasteiger partial charge in [0, 0.05) is 13.1 Å². The van der Waals surface area contributed by atoms with Gasteiger partial charge in [0.25, 0.3) is 0 Å². The van der Waals surface area contributed by atoms with Gasteiger partial charge in [0.15, 0.2) is 11.5 Å². The van der Waals surface area contributed by atoms with Crippen molar-refractivity contribution in [3.05, 3.63) is 23.8 Å². The van der Waals surface area contributed by atoms with Gasteiger partial charge in [-0.2, -0.15) is 0 Å². The fourth-order valence-electron chi connectivity index (χ4n) is 2.78. The van der Waals surface area contributed by atoms with Crippen LogP contribution in [0.15, 0.2) is 18.2 Å². The molecular formula is C15H24N2O2. The predicted octanol–water partition coefficient (Wildman–Crippen LogP) is 1.84. The lowest BCUT2D eigenvalue weighted by molar-refractivity contribution is 0.217. The zero-order valence-electron chi connectivity index (χ0n) is 11.9. The fourth-order valence-corrected chi connectivity index (χ4v) is 2.78. The van der Waals surface area contributed by atoms with Gasteiger partial charge in [-0.3, -0.25) is 0 Å². The van der Waals surface area contributed by atoms with E-state index < -0.39 is 0 Å². The maximum absolute atomic E-state index is 5.60. The molecule has 0 aliphatic carbocycles. The van der Waals surface area contributed by atoms with E-state index in [0.29, 0.717) is 5.92 Å². The molecule has 0 atom stereocenters. The highest BCUT2D eigenvalue weighted by Gasteiger charge is 2.21. The molecule has 1 heterocycles. The lowest BCUT2D eigenvalue weighted by Gasteiger charge is -2.32. The van der Waals surface area contributed by atoms with Crippen LogP contribution in [-0.4, -0.2) is 45.3 Å². The molecule has 0 radical (unpaired) electrons. The first kappa shape index (κ1) is 14.2. The molecule has 2 rings (SSSR count). The molecular weight excluding hydrogens is 240 g/mol. The normalized spacial score (nSPS) is 17.4. The fraction of sp³-hybridized carbons (Fsp3) is 0.600. The van der Waals surface area contributed by atoms with Crippen LogP contribution in [0.1, 0.15) is 24.3 Å². The minimum absolute atomic E-state index is 0.619. The van der Waals surface area contributed by atoms with Crippen molar-refractivity contribution in [1.82, 2.24) is 4.90 Å². The number of methoxy groups -OCH3 is 2. The highest BCUT2D eigenvalue weighted by Crippen LogP contribution is 2.34. The van der Waals surface area contributed by atoms with Gasteiger partial charge in [-0.15, -0.1) is 0 Å². The van der Waals surface area contributed by atoms with Gasteiger partial charge >= 0.3 is 0 Å². The molecule has 1 aromatic rings. The molecule has 19 heavy (non-hydrogen) atoms. The zero-order valence-corrected chi connectivity index (χ0v) is 11.9. The summed E-state index contributed by atoms with van der Waals surface area (Å²) in [5.41, 5.74) is 6.95. The topological polar surface area (TPSA) is 47.7 Å². The summed E-state index contributed by atoms with van der Waals surface area (Å²) in [6.07, 6.45) is 2.38. The Morgan fingerprint density at radius 3 is 2.42 bits per heavy atom. The number of piperidine rings is 1. The van der Waals surface area contributed by atoms with Gasteiger partial charge in [0.2, 0.25) is 0 Å². The van der Waals surface area contributed by atoms with Crippen LogP contribution in [-0.2, 0) is 0 Å². The van der Waals surface area contributed by atoms with Crippen LogP contribution in [0.25, 0.3) is 0 Å². The van der Waals surface area contributed by atoms with Crippen molar-refractivity contribution in [1.29, 1.82) is 0 Å². The van der Waals surface area contributed by atoms with Crippen molar-refractivity contribution in [3.63, 3.8) is 0 Å². The summed E-state index contributed by atoms with van der Waals surface area (Å²) in [7, 11) is 3.36. The highest BCUT2D eigenvalue weighted by molar-refractivity contribution is 5.44. The molecule has 1 fully saturated rings. The van der Waals surface area contributed by atoms with E-state index in [2.05, 4.69) is 17.0 Å². The van der Waals surface area contributed by atoms with E-state index in [0.717, 1.165) is 37.7 Å². The molecule has 0 aromatic heterocycles. The molecule has 2 N–H and O–H groups in total. The van der Waals surface area contributed by atoms with Gasteiger partial charge in [-0.05, 0) is 49.5 Å². The summed E-state index contributed by atoms with van der Waals surface area (Å²) in [4.78, 5) is 2.44. The Bertz CT molecular complexity index is 401. The van der Waals surface area contributed by atoms with Crippen LogP contribution < -0.4 is 15.2 Å². The highest BCUT2D eigenvalue weighted by atomic mass is 16.5. The summed E-state index contributed by atoms with van der Waals surface area (Å²) in [5, 5.41) is 0. The number of ether oxygens (including phenoxy) is 2. The number of benzene rings is 1. The number of hydrogen-bond acceptors (Lipinski definition) is 4. The molecule has 1 aromatic carbocycles. The van der Waals surface area contributed by atoms with E-state index in [1.54, 1.807) is 14.2 Å². The molecule has 4 heteroatoms. The first-order valence-electron chi connectivity index (χ1n) is 6.92. The van der Waals surface area contributed by atoms with Crippen molar-refractivity contribution >= 4 is 0 Å². The monoisotopic (exact) mass is 264 g/mol. The van der Waals surface area contributed by atoms with Gasteiger partial charge in [-0.25, -0.2) is 0 Å². The third-order valence-electron chi connectivity index (χ3n) is 3.91. The minimum atomic E-state index is 0.619. The smallest absolute Gasteiger partial charge is 0.160 e. The van der Waals surface area contributed by atoms with E-state index in [1.807, 2.05) is 6.07 Å². The Labute approximate surface area is 115 Å².